The van der Waals surface area contributed by atoms with Gasteiger partial charge in [0.2, 0.25) is 0 Å². The highest BCUT2D eigenvalue weighted by Gasteiger charge is 1.77. The Kier molecular flexibility index (Phi) is 4.78. The maximum absolute atomic E-state index is 3.99. The van der Waals surface area contributed by atoms with Crippen molar-refractivity contribution in [2.75, 3.05) is 7.05 Å². The van der Waals surface area contributed by atoms with Crippen LogP contribution < -0.4 is 5.43 Å². The van der Waals surface area contributed by atoms with E-state index in [9.17, 15) is 0 Å². The van der Waals surface area contributed by atoms with Crippen molar-refractivity contribution in [1.82, 2.24) is 5.43 Å². The van der Waals surface area contributed by atoms with Gasteiger partial charge in [-0.05, 0) is 13.3 Å². The van der Waals surface area contributed by atoms with Crippen LogP contribution in [-0.4, -0.2) is 19.1 Å². The third-order valence-corrected chi connectivity index (χ3v) is 0.734. The molecule has 0 saturated heterocycles. The monoisotopic (exact) mass is 127 g/mol. The van der Waals surface area contributed by atoms with Gasteiger partial charge in [0.25, 0.3) is 0 Å². The van der Waals surface area contributed by atoms with E-state index in [0.29, 0.717) is 0 Å². The van der Waals surface area contributed by atoms with Crippen molar-refractivity contribution >= 4 is 12.1 Å². The number of hydrogen-bond acceptors (Lipinski definition) is 2. The number of hydrazone groups is 1. The first-order valence-electron chi connectivity index (χ1n) is 3.04. The molecule has 0 aromatic heterocycles. The number of rotatable bonds is 2. The average Bonchev–Trinajstić information content (AvgIpc) is 1.85. The lowest BCUT2D eigenvalue weighted by Gasteiger charge is -1.88. The van der Waals surface area contributed by atoms with Crippen molar-refractivity contribution in [2.24, 2.45) is 10.1 Å². The predicted molar refractivity (Wildman–Crippen MR) is 41.0 cm³/mol. The van der Waals surface area contributed by atoms with Crippen molar-refractivity contribution in [3.05, 3.63) is 0 Å². The SMILES string of the molecule is CCC=N/C(C)=N\NC. The lowest BCUT2D eigenvalue weighted by molar-refractivity contribution is 0.896. The summed E-state index contributed by atoms with van der Waals surface area (Å²) in [6.45, 7) is 3.89. The normalized spacial score (nSPS) is 12.6. The summed E-state index contributed by atoms with van der Waals surface area (Å²) < 4.78 is 0. The minimum atomic E-state index is 0.763. The lowest BCUT2D eigenvalue weighted by atomic mass is 10.5. The molecule has 0 fully saturated rings. The fourth-order valence-corrected chi connectivity index (χ4v) is 0.414. The highest BCUT2D eigenvalue weighted by molar-refractivity contribution is 5.87. The summed E-state index contributed by atoms with van der Waals surface area (Å²) in [6.07, 6.45) is 2.78. The third kappa shape index (κ3) is 5.00. The molecule has 0 aliphatic heterocycles. The Morgan fingerprint density at radius 1 is 1.67 bits per heavy atom. The second-order valence-corrected chi connectivity index (χ2v) is 1.60. The second kappa shape index (κ2) is 5.28. The van der Waals surface area contributed by atoms with Crippen LogP contribution in [0, 0.1) is 0 Å². The first-order valence-corrected chi connectivity index (χ1v) is 3.04. The summed E-state index contributed by atoms with van der Waals surface area (Å²) >= 11 is 0. The third-order valence-electron chi connectivity index (χ3n) is 0.734. The summed E-state index contributed by atoms with van der Waals surface area (Å²) in [6, 6.07) is 0. The zero-order valence-corrected chi connectivity index (χ0v) is 6.18. The molecule has 0 atom stereocenters. The van der Waals surface area contributed by atoms with E-state index in [2.05, 4.69) is 15.5 Å². The van der Waals surface area contributed by atoms with Gasteiger partial charge in [0.15, 0.2) is 0 Å². The maximum Gasteiger partial charge on any atom is 0.144 e. The number of nitrogens with one attached hydrogen (secondary N) is 1. The van der Waals surface area contributed by atoms with Gasteiger partial charge in [0.1, 0.15) is 5.84 Å². The van der Waals surface area contributed by atoms with E-state index < -0.39 is 0 Å². The zero-order valence-electron chi connectivity index (χ0n) is 6.18. The molecule has 0 radical (unpaired) electrons. The molecule has 0 amide bonds. The van der Waals surface area contributed by atoms with Crippen molar-refractivity contribution in [3.63, 3.8) is 0 Å². The molecule has 0 aromatic rings. The highest BCUT2D eigenvalue weighted by Crippen LogP contribution is 1.76. The van der Waals surface area contributed by atoms with E-state index >= 15 is 0 Å². The van der Waals surface area contributed by atoms with E-state index in [1.165, 1.54) is 0 Å². The van der Waals surface area contributed by atoms with Crippen LogP contribution in [0.5, 0.6) is 0 Å². The van der Waals surface area contributed by atoms with Gasteiger partial charge in [-0.25, -0.2) is 4.99 Å². The highest BCUT2D eigenvalue weighted by atomic mass is 15.3. The summed E-state index contributed by atoms with van der Waals surface area (Å²) in [5, 5.41) is 3.83. The Bertz CT molecular complexity index is 115. The molecule has 9 heavy (non-hydrogen) atoms. The predicted octanol–water partition coefficient (Wildman–Crippen LogP) is 1.02. The van der Waals surface area contributed by atoms with Crippen molar-refractivity contribution < 1.29 is 0 Å². The van der Waals surface area contributed by atoms with E-state index in [-0.39, 0.29) is 0 Å². The minimum Gasteiger partial charge on any atom is -0.311 e. The molecule has 1 N–H and O–H groups in total. The van der Waals surface area contributed by atoms with Crippen molar-refractivity contribution in [3.8, 4) is 0 Å². The van der Waals surface area contributed by atoms with Crippen LogP contribution in [0.15, 0.2) is 10.1 Å². The Morgan fingerprint density at radius 2 is 2.33 bits per heavy atom. The molecule has 0 aromatic carbocycles. The second-order valence-electron chi connectivity index (χ2n) is 1.60. The largest absolute Gasteiger partial charge is 0.311 e. The molecule has 0 spiro atoms. The lowest BCUT2D eigenvalue weighted by Crippen LogP contribution is -1.98. The Balaban J connectivity index is 3.60. The van der Waals surface area contributed by atoms with Crippen molar-refractivity contribution in [1.29, 1.82) is 0 Å². The molecule has 0 saturated carbocycles. The van der Waals surface area contributed by atoms with E-state index in [1.54, 1.807) is 7.05 Å². The average molecular weight is 127 g/mol. The van der Waals surface area contributed by atoms with Crippen LogP contribution in [0.25, 0.3) is 0 Å². The molecule has 3 heteroatoms. The van der Waals surface area contributed by atoms with E-state index in [1.807, 2.05) is 20.1 Å². The fourth-order valence-electron chi connectivity index (χ4n) is 0.414. The smallest absolute Gasteiger partial charge is 0.144 e. The van der Waals surface area contributed by atoms with E-state index in [4.69, 9.17) is 0 Å². The Morgan fingerprint density at radius 3 is 2.78 bits per heavy atom. The van der Waals surface area contributed by atoms with Gasteiger partial charge in [-0.1, -0.05) is 6.92 Å². The minimum absolute atomic E-state index is 0.763. The zero-order chi connectivity index (χ0) is 7.11. The van der Waals surface area contributed by atoms with Crippen LogP contribution >= 0.6 is 0 Å². The summed E-state index contributed by atoms with van der Waals surface area (Å²) in [5.41, 5.74) is 2.65. The maximum atomic E-state index is 3.99. The van der Waals surface area contributed by atoms with Gasteiger partial charge in [-0.2, -0.15) is 5.10 Å². The number of aliphatic imine (C=N–C) groups is 1. The molecule has 0 aliphatic rings. The molecule has 3 nitrogen and oxygen atoms in total. The van der Waals surface area contributed by atoms with Crippen LogP contribution in [-0.2, 0) is 0 Å². The van der Waals surface area contributed by atoms with Gasteiger partial charge in [-0.15, -0.1) is 0 Å². The summed E-state index contributed by atoms with van der Waals surface area (Å²) in [5.74, 6) is 0.763. The first kappa shape index (κ1) is 8.14. The molecule has 52 valence electrons. The van der Waals surface area contributed by atoms with Gasteiger partial charge in [0.05, 0.1) is 0 Å². The molecule has 0 aliphatic carbocycles. The summed E-state index contributed by atoms with van der Waals surface area (Å²) in [7, 11) is 1.75. The van der Waals surface area contributed by atoms with Crippen LogP contribution in [0.2, 0.25) is 0 Å². The Hall–Kier alpha value is -0.860. The standard InChI is InChI=1S/C6H13N3/c1-4-5-8-6(2)9-7-3/h5,7H,4H2,1-3H3/b8-5?,9-6-. The molecule has 0 rings (SSSR count). The molecular weight excluding hydrogens is 114 g/mol. The van der Waals surface area contributed by atoms with E-state index in [0.717, 1.165) is 12.3 Å². The fraction of sp³-hybridized carbons (Fsp3) is 0.667. The van der Waals surface area contributed by atoms with Crippen LogP contribution in [0.1, 0.15) is 20.3 Å². The molecule has 0 heterocycles. The van der Waals surface area contributed by atoms with Gasteiger partial charge < -0.3 is 5.43 Å². The number of hydrogen-bond donors (Lipinski definition) is 1. The number of amidine groups is 1. The molecule has 0 unspecified atom stereocenters. The van der Waals surface area contributed by atoms with Gasteiger partial charge >= 0.3 is 0 Å². The molecule has 0 bridgehead atoms. The van der Waals surface area contributed by atoms with Gasteiger partial charge in [0, 0.05) is 13.3 Å². The van der Waals surface area contributed by atoms with Crippen LogP contribution in [0.3, 0.4) is 0 Å². The van der Waals surface area contributed by atoms with Gasteiger partial charge in [-0.3, -0.25) is 0 Å². The summed E-state index contributed by atoms with van der Waals surface area (Å²) in [4.78, 5) is 3.99. The first-order chi connectivity index (χ1) is 4.31. The molecular formula is C6H13N3. The van der Waals surface area contributed by atoms with Crippen molar-refractivity contribution in [2.45, 2.75) is 20.3 Å². The Labute approximate surface area is 55.9 Å². The quantitative estimate of drug-likeness (QED) is 0.335. The number of nitrogens with zero attached hydrogens (tertiary/aromatic N) is 2. The topological polar surface area (TPSA) is 36.8 Å². The van der Waals surface area contributed by atoms with Crippen LogP contribution in [0.4, 0.5) is 0 Å².